The van der Waals surface area contributed by atoms with Crippen molar-refractivity contribution in [3.8, 4) is 5.69 Å². The molecular formula is C11H12N6O2. The predicted octanol–water partition coefficient (Wildman–Crippen LogP) is 1.33. The van der Waals surface area contributed by atoms with Crippen LogP contribution in [-0.2, 0) is 0 Å². The van der Waals surface area contributed by atoms with Crippen LogP contribution in [0, 0.1) is 10.1 Å². The van der Waals surface area contributed by atoms with Crippen molar-refractivity contribution >= 4 is 17.6 Å². The number of benzene rings is 1. The first-order valence-electron chi connectivity index (χ1n) is 5.87. The number of rotatable bonds is 4. The van der Waals surface area contributed by atoms with Crippen LogP contribution >= 0.6 is 0 Å². The Balaban J connectivity index is 1.87. The molecule has 0 aliphatic heterocycles. The van der Waals surface area contributed by atoms with Crippen LogP contribution in [0.25, 0.3) is 5.69 Å². The average Bonchev–Trinajstić information content (AvgIpc) is 3.12. The van der Waals surface area contributed by atoms with Gasteiger partial charge in [-0.25, -0.2) is 0 Å². The Morgan fingerprint density at radius 3 is 2.63 bits per heavy atom. The van der Waals surface area contributed by atoms with Crippen LogP contribution in [0.4, 0.5) is 17.6 Å². The van der Waals surface area contributed by atoms with Gasteiger partial charge in [-0.15, -0.1) is 5.10 Å². The topological polar surface area (TPSA) is 112 Å². The zero-order valence-corrected chi connectivity index (χ0v) is 9.98. The summed E-state index contributed by atoms with van der Waals surface area (Å²) in [5.74, 6) is 0.732. The van der Waals surface area contributed by atoms with E-state index in [-0.39, 0.29) is 11.6 Å². The van der Waals surface area contributed by atoms with Crippen molar-refractivity contribution in [1.82, 2.24) is 14.8 Å². The maximum atomic E-state index is 10.6. The van der Waals surface area contributed by atoms with E-state index in [1.807, 2.05) is 0 Å². The fourth-order valence-electron chi connectivity index (χ4n) is 1.70. The zero-order chi connectivity index (χ0) is 13.4. The molecule has 0 radical (unpaired) electrons. The van der Waals surface area contributed by atoms with Crippen molar-refractivity contribution in [2.45, 2.75) is 18.9 Å². The van der Waals surface area contributed by atoms with Crippen LogP contribution < -0.4 is 11.1 Å². The van der Waals surface area contributed by atoms with Crippen molar-refractivity contribution in [1.29, 1.82) is 0 Å². The minimum absolute atomic E-state index is 0.0266. The van der Waals surface area contributed by atoms with Gasteiger partial charge >= 0.3 is 0 Å². The zero-order valence-electron chi connectivity index (χ0n) is 9.98. The van der Waals surface area contributed by atoms with Gasteiger partial charge in [-0.3, -0.25) is 10.1 Å². The van der Waals surface area contributed by atoms with Gasteiger partial charge in [0.2, 0.25) is 11.9 Å². The molecule has 1 aliphatic rings. The summed E-state index contributed by atoms with van der Waals surface area (Å²) in [7, 11) is 0. The number of nitrogens with zero attached hydrogens (tertiary/aromatic N) is 4. The molecule has 0 amide bonds. The van der Waals surface area contributed by atoms with Gasteiger partial charge in [-0.05, 0) is 25.0 Å². The fourth-order valence-corrected chi connectivity index (χ4v) is 1.70. The number of nitrogens with one attached hydrogen (secondary N) is 1. The van der Waals surface area contributed by atoms with Gasteiger partial charge in [-0.2, -0.15) is 9.67 Å². The molecule has 1 fully saturated rings. The molecule has 0 unspecified atom stereocenters. The lowest BCUT2D eigenvalue weighted by Crippen LogP contribution is -2.04. The van der Waals surface area contributed by atoms with Crippen molar-refractivity contribution in [3.05, 3.63) is 34.4 Å². The van der Waals surface area contributed by atoms with E-state index in [1.54, 1.807) is 12.1 Å². The summed E-state index contributed by atoms with van der Waals surface area (Å²) in [4.78, 5) is 14.2. The predicted molar refractivity (Wildman–Crippen MR) is 69.1 cm³/mol. The highest BCUT2D eigenvalue weighted by molar-refractivity contribution is 5.46. The number of nitro benzene ring substituents is 1. The van der Waals surface area contributed by atoms with Crippen LogP contribution in [-0.4, -0.2) is 25.7 Å². The molecule has 0 atom stereocenters. The van der Waals surface area contributed by atoms with Gasteiger partial charge in [0.1, 0.15) is 0 Å². The highest BCUT2D eigenvalue weighted by Gasteiger charge is 2.23. The number of nitro groups is 1. The summed E-state index contributed by atoms with van der Waals surface area (Å²) >= 11 is 0. The number of hydrogen-bond donors (Lipinski definition) is 2. The normalized spacial score (nSPS) is 14.3. The molecule has 8 heteroatoms. The maximum Gasteiger partial charge on any atom is 0.269 e. The SMILES string of the molecule is Nc1nc(NC2CC2)nn1-c1ccc([N+](=O)[O-])cc1. The van der Waals surface area contributed by atoms with E-state index < -0.39 is 4.92 Å². The first kappa shape index (κ1) is 11.5. The summed E-state index contributed by atoms with van der Waals surface area (Å²) in [6.45, 7) is 0. The largest absolute Gasteiger partial charge is 0.368 e. The van der Waals surface area contributed by atoms with Crippen LogP contribution in [0.3, 0.4) is 0 Å². The molecule has 19 heavy (non-hydrogen) atoms. The number of nitrogens with two attached hydrogens (primary N) is 1. The summed E-state index contributed by atoms with van der Waals surface area (Å²) in [6, 6.07) is 6.43. The van der Waals surface area contributed by atoms with E-state index >= 15 is 0 Å². The second-order valence-corrected chi connectivity index (χ2v) is 4.40. The van der Waals surface area contributed by atoms with E-state index in [0.717, 1.165) is 12.8 Å². The molecule has 0 spiro atoms. The lowest BCUT2D eigenvalue weighted by molar-refractivity contribution is -0.384. The standard InChI is InChI=1S/C11H12N6O2/c12-10-14-11(13-7-1-2-7)15-16(10)8-3-5-9(6-4-8)17(18)19/h3-7H,1-2H2,(H3,12,13,14,15). The summed E-state index contributed by atoms with van der Waals surface area (Å²) in [5.41, 5.74) is 6.45. The van der Waals surface area contributed by atoms with Gasteiger partial charge < -0.3 is 11.1 Å². The highest BCUT2D eigenvalue weighted by atomic mass is 16.6. The molecular weight excluding hydrogens is 248 g/mol. The molecule has 2 aromatic rings. The van der Waals surface area contributed by atoms with E-state index in [9.17, 15) is 10.1 Å². The molecule has 3 rings (SSSR count). The van der Waals surface area contributed by atoms with Gasteiger partial charge in [0, 0.05) is 18.2 Å². The molecule has 0 saturated heterocycles. The Morgan fingerprint density at radius 2 is 2.05 bits per heavy atom. The third kappa shape index (κ3) is 2.32. The Morgan fingerprint density at radius 1 is 1.37 bits per heavy atom. The fraction of sp³-hybridized carbons (Fsp3) is 0.273. The Labute approximate surface area is 108 Å². The molecule has 1 aliphatic carbocycles. The molecule has 1 aromatic carbocycles. The quantitative estimate of drug-likeness (QED) is 0.633. The van der Waals surface area contributed by atoms with E-state index in [2.05, 4.69) is 15.4 Å². The summed E-state index contributed by atoms with van der Waals surface area (Å²) in [5, 5.41) is 18.0. The minimum atomic E-state index is -0.450. The Bertz CT molecular complexity index is 617. The molecule has 1 aromatic heterocycles. The van der Waals surface area contributed by atoms with E-state index in [4.69, 9.17) is 5.73 Å². The van der Waals surface area contributed by atoms with Crippen molar-refractivity contribution in [3.63, 3.8) is 0 Å². The molecule has 8 nitrogen and oxygen atoms in total. The number of non-ortho nitro benzene ring substituents is 1. The van der Waals surface area contributed by atoms with Crippen LogP contribution in [0.2, 0.25) is 0 Å². The van der Waals surface area contributed by atoms with Crippen LogP contribution in [0.5, 0.6) is 0 Å². The smallest absolute Gasteiger partial charge is 0.269 e. The van der Waals surface area contributed by atoms with Gasteiger partial charge in [0.25, 0.3) is 5.69 Å². The average molecular weight is 260 g/mol. The first-order valence-corrected chi connectivity index (χ1v) is 5.87. The summed E-state index contributed by atoms with van der Waals surface area (Å²) in [6.07, 6.45) is 2.23. The monoisotopic (exact) mass is 260 g/mol. The second-order valence-electron chi connectivity index (χ2n) is 4.40. The lowest BCUT2D eigenvalue weighted by Gasteiger charge is -2.01. The van der Waals surface area contributed by atoms with Crippen LogP contribution in [0.15, 0.2) is 24.3 Å². The third-order valence-electron chi connectivity index (χ3n) is 2.85. The van der Waals surface area contributed by atoms with Crippen molar-refractivity contribution in [2.24, 2.45) is 0 Å². The molecule has 98 valence electrons. The number of nitrogen functional groups attached to an aromatic ring is 1. The molecule has 1 saturated carbocycles. The van der Waals surface area contributed by atoms with E-state index in [0.29, 0.717) is 17.7 Å². The van der Waals surface area contributed by atoms with Crippen molar-refractivity contribution in [2.75, 3.05) is 11.1 Å². The Kier molecular flexibility index (Phi) is 2.55. The van der Waals surface area contributed by atoms with Gasteiger partial charge in [-0.1, -0.05) is 0 Å². The van der Waals surface area contributed by atoms with Gasteiger partial charge in [0.15, 0.2) is 0 Å². The summed E-state index contributed by atoms with van der Waals surface area (Å²) < 4.78 is 1.45. The third-order valence-corrected chi connectivity index (χ3v) is 2.85. The molecule has 1 heterocycles. The second kappa shape index (κ2) is 4.23. The minimum Gasteiger partial charge on any atom is -0.368 e. The van der Waals surface area contributed by atoms with Crippen LogP contribution in [0.1, 0.15) is 12.8 Å². The number of aromatic nitrogens is 3. The highest BCUT2D eigenvalue weighted by Crippen LogP contribution is 2.24. The lowest BCUT2D eigenvalue weighted by atomic mass is 10.3. The molecule has 3 N–H and O–H groups in total. The van der Waals surface area contributed by atoms with Gasteiger partial charge in [0.05, 0.1) is 10.6 Å². The number of hydrogen-bond acceptors (Lipinski definition) is 6. The van der Waals surface area contributed by atoms with Crippen molar-refractivity contribution < 1.29 is 4.92 Å². The molecule has 0 bridgehead atoms. The number of anilines is 2. The van der Waals surface area contributed by atoms with E-state index in [1.165, 1.54) is 16.8 Å². The first-order chi connectivity index (χ1) is 9.13. The Hall–Kier alpha value is -2.64. The maximum absolute atomic E-state index is 10.6.